The van der Waals surface area contributed by atoms with Gasteiger partial charge in [0.2, 0.25) is 5.91 Å². The summed E-state index contributed by atoms with van der Waals surface area (Å²) in [5, 5.41) is 11.5. The van der Waals surface area contributed by atoms with Crippen LogP contribution in [0.1, 0.15) is 49.1 Å². The minimum Gasteiger partial charge on any atom is -0.343 e. The molecule has 2 aliphatic heterocycles. The number of amides is 1. The molecule has 1 spiro atoms. The second-order valence-electron chi connectivity index (χ2n) is 10.2. The van der Waals surface area contributed by atoms with E-state index in [1.807, 2.05) is 67.1 Å². The van der Waals surface area contributed by atoms with Crippen LogP contribution >= 0.6 is 0 Å². The van der Waals surface area contributed by atoms with E-state index in [0.717, 1.165) is 45.3 Å². The van der Waals surface area contributed by atoms with Crippen molar-refractivity contribution in [3.8, 4) is 5.69 Å². The second-order valence-corrected chi connectivity index (χ2v) is 10.2. The molecule has 3 heterocycles. The molecule has 0 bridgehead atoms. The summed E-state index contributed by atoms with van der Waals surface area (Å²) in [6, 6.07) is 15.9. The maximum Gasteiger partial charge on any atom is 0.244 e. The molecule has 166 valence electrons. The van der Waals surface area contributed by atoms with Crippen LogP contribution in [0.4, 0.5) is 11.5 Å². The highest BCUT2D eigenvalue weighted by atomic mass is 16.2. The van der Waals surface area contributed by atoms with E-state index in [1.54, 1.807) is 0 Å². The maximum atomic E-state index is 14.0. The minimum absolute atomic E-state index is 0.0239. The molecule has 6 rings (SSSR count). The number of nitrogens with one attached hydrogen (secondary N) is 2. The van der Waals surface area contributed by atoms with Crippen molar-refractivity contribution in [3.05, 3.63) is 82.2 Å². The first-order valence-corrected chi connectivity index (χ1v) is 11.3. The van der Waals surface area contributed by atoms with Crippen LogP contribution in [0.2, 0.25) is 0 Å². The van der Waals surface area contributed by atoms with E-state index in [-0.39, 0.29) is 17.1 Å². The topological polar surface area (TPSA) is 76.0 Å². The summed E-state index contributed by atoms with van der Waals surface area (Å²) in [5.74, 6) is 0.602. The SMILES string of the molecule is Cc1ccc2c(c1)[C@]1(C(=O)N2)C2=C(CC(C)(C)CC2=O)Nc2c1c(C)nn2-c1ccccc1. The van der Waals surface area contributed by atoms with E-state index in [1.165, 1.54) is 0 Å². The number of aryl methyl sites for hydroxylation is 2. The van der Waals surface area contributed by atoms with E-state index in [0.29, 0.717) is 18.4 Å². The van der Waals surface area contributed by atoms with Crippen LogP contribution in [-0.4, -0.2) is 21.5 Å². The lowest BCUT2D eigenvalue weighted by atomic mass is 9.61. The Labute approximate surface area is 192 Å². The quantitative estimate of drug-likeness (QED) is 0.572. The van der Waals surface area contributed by atoms with Gasteiger partial charge in [-0.3, -0.25) is 9.59 Å². The largest absolute Gasteiger partial charge is 0.343 e. The average Bonchev–Trinajstić information content (AvgIpc) is 3.22. The lowest BCUT2D eigenvalue weighted by Crippen LogP contribution is -2.48. The van der Waals surface area contributed by atoms with Crippen molar-refractivity contribution in [1.82, 2.24) is 9.78 Å². The highest BCUT2D eigenvalue weighted by Gasteiger charge is 2.60. The van der Waals surface area contributed by atoms with Gasteiger partial charge in [0.15, 0.2) is 5.78 Å². The van der Waals surface area contributed by atoms with Crippen molar-refractivity contribution < 1.29 is 9.59 Å². The Morgan fingerprint density at radius 3 is 2.48 bits per heavy atom. The lowest BCUT2D eigenvalue weighted by Gasteiger charge is -2.42. The number of rotatable bonds is 1. The number of nitrogens with zero attached hydrogens (tertiary/aromatic N) is 2. The molecule has 2 aromatic carbocycles. The van der Waals surface area contributed by atoms with Gasteiger partial charge in [-0.2, -0.15) is 5.10 Å². The van der Waals surface area contributed by atoms with E-state index < -0.39 is 5.41 Å². The van der Waals surface area contributed by atoms with Gasteiger partial charge in [-0.05, 0) is 43.9 Å². The Hall–Kier alpha value is -3.67. The van der Waals surface area contributed by atoms with Crippen LogP contribution in [0, 0.1) is 19.3 Å². The summed E-state index contributed by atoms with van der Waals surface area (Å²) in [7, 11) is 0. The zero-order valence-corrected chi connectivity index (χ0v) is 19.2. The van der Waals surface area contributed by atoms with Gasteiger partial charge in [-0.15, -0.1) is 0 Å². The maximum absolute atomic E-state index is 14.0. The molecule has 33 heavy (non-hydrogen) atoms. The highest BCUT2D eigenvalue weighted by Crippen LogP contribution is 2.57. The third kappa shape index (κ3) is 2.58. The Morgan fingerprint density at radius 1 is 0.970 bits per heavy atom. The number of carbonyl (C=O) groups is 2. The zero-order valence-electron chi connectivity index (χ0n) is 19.2. The number of carbonyl (C=O) groups excluding carboxylic acids is 2. The molecule has 1 atom stereocenters. The number of hydrogen-bond donors (Lipinski definition) is 2. The molecule has 6 heteroatoms. The van der Waals surface area contributed by atoms with Gasteiger partial charge in [0, 0.05) is 34.5 Å². The van der Waals surface area contributed by atoms with Crippen LogP contribution in [-0.2, 0) is 15.0 Å². The highest BCUT2D eigenvalue weighted by molar-refractivity contribution is 6.20. The summed E-state index contributed by atoms with van der Waals surface area (Å²) >= 11 is 0. The monoisotopic (exact) mass is 438 g/mol. The Morgan fingerprint density at radius 2 is 1.73 bits per heavy atom. The summed E-state index contributed by atoms with van der Waals surface area (Å²) < 4.78 is 1.86. The predicted octanol–water partition coefficient (Wildman–Crippen LogP) is 4.80. The number of fused-ring (bicyclic) bond motifs is 5. The van der Waals surface area contributed by atoms with Gasteiger partial charge in [-0.25, -0.2) is 4.68 Å². The number of hydrogen-bond acceptors (Lipinski definition) is 4. The van der Waals surface area contributed by atoms with Crippen molar-refractivity contribution in [2.75, 3.05) is 10.6 Å². The molecule has 6 nitrogen and oxygen atoms in total. The van der Waals surface area contributed by atoms with Crippen LogP contribution in [0.5, 0.6) is 0 Å². The Bertz CT molecular complexity index is 1400. The van der Waals surface area contributed by atoms with E-state index in [4.69, 9.17) is 5.10 Å². The molecule has 0 radical (unpaired) electrons. The molecule has 0 unspecified atom stereocenters. The number of ketones is 1. The molecular weight excluding hydrogens is 412 g/mol. The number of allylic oxidation sites excluding steroid dienone is 1. The molecule has 1 amide bonds. The van der Waals surface area contributed by atoms with E-state index >= 15 is 0 Å². The van der Waals surface area contributed by atoms with Gasteiger partial charge in [0.25, 0.3) is 0 Å². The number of Topliss-reactive ketones (excluding diaryl/α,β-unsaturated/α-hetero) is 1. The number of aromatic nitrogens is 2. The van der Waals surface area contributed by atoms with Crippen molar-refractivity contribution in [2.24, 2.45) is 5.41 Å². The third-order valence-corrected chi connectivity index (χ3v) is 7.12. The van der Waals surface area contributed by atoms with Crippen molar-refractivity contribution in [3.63, 3.8) is 0 Å². The molecule has 1 aromatic heterocycles. The first-order valence-electron chi connectivity index (χ1n) is 11.3. The second kappa shape index (κ2) is 6.44. The van der Waals surface area contributed by atoms with Crippen molar-refractivity contribution >= 4 is 23.2 Å². The number of benzene rings is 2. The standard InChI is InChI=1S/C27H26N4O2/c1-15-10-11-19-18(12-15)27(25(33)29-19)22-16(2)30-31(17-8-6-5-7-9-17)24(22)28-20-13-26(3,4)14-21(32)23(20)27/h5-12,28H,13-14H2,1-4H3,(H,29,33)/t27-/m1/s1. The van der Waals surface area contributed by atoms with Crippen molar-refractivity contribution in [1.29, 1.82) is 0 Å². The van der Waals surface area contributed by atoms with Gasteiger partial charge in [0.1, 0.15) is 11.2 Å². The van der Waals surface area contributed by atoms with Crippen LogP contribution in [0.3, 0.4) is 0 Å². The van der Waals surface area contributed by atoms with Gasteiger partial charge in [-0.1, -0.05) is 49.7 Å². The molecule has 0 fully saturated rings. The first-order chi connectivity index (χ1) is 15.7. The van der Waals surface area contributed by atoms with E-state index in [9.17, 15) is 9.59 Å². The molecule has 1 aliphatic carbocycles. The third-order valence-electron chi connectivity index (χ3n) is 7.12. The number of para-hydroxylation sites is 1. The molecule has 2 N–H and O–H groups in total. The predicted molar refractivity (Wildman–Crippen MR) is 128 cm³/mol. The molecule has 3 aromatic rings. The van der Waals surface area contributed by atoms with Crippen LogP contribution in [0.25, 0.3) is 5.69 Å². The average molecular weight is 439 g/mol. The van der Waals surface area contributed by atoms with Crippen LogP contribution < -0.4 is 10.6 Å². The summed E-state index contributed by atoms with van der Waals surface area (Å²) in [6.45, 7) is 8.14. The fourth-order valence-electron chi connectivity index (χ4n) is 5.89. The van der Waals surface area contributed by atoms with Gasteiger partial charge >= 0.3 is 0 Å². The first kappa shape index (κ1) is 20.0. The Balaban J connectivity index is 1.74. The normalized spacial score (nSPS) is 22.5. The zero-order chi connectivity index (χ0) is 23.1. The molecule has 3 aliphatic rings. The fraction of sp³-hybridized carbons (Fsp3) is 0.296. The smallest absolute Gasteiger partial charge is 0.244 e. The fourth-order valence-corrected chi connectivity index (χ4v) is 5.89. The van der Waals surface area contributed by atoms with Crippen LogP contribution in [0.15, 0.2) is 59.8 Å². The molecule has 0 saturated heterocycles. The lowest BCUT2D eigenvalue weighted by molar-refractivity contribution is -0.123. The molecular formula is C27H26N4O2. The summed E-state index contributed by atoms with van der Waals surface area (Å²) in [4.78, 5) is 27.7. The minimum atomic E-state index is -1.21. The molecule has 0 saturated carbocycles. The van der Waals surface area contributed by atoms with Gasteiger partial charge < -0.3 is 10.6 Å². The Kier molecular flexibility index (Phi) is 3.90. The number of anilines is 2. The summed E-state index contributed by atoms with van der Waals surface area (Å²) in [5.41, 5.74) is 5.04. The van der Waals surface area contributed by atoms with E-state index in [2.05, 4.69) is 24.5 Å². The summed E-state index contributed by atoms with van der Waals surface area (Å²) in [6.07, 6.45) is 1.09. The van der Waals surface area contributed by atoms with Crippen molar-refractivity contribution in [2.45, 2.75) is 46.0 Å². The van der Waals surface area contributed by atoms with Gasteiger partial charge in [0.05, 0.1) is 11.4 Å².